The van der Waals surface area contributed by atoms with Crippen LogP contribution in [-0.4, -0.2) is 37.8 Å². The van der Waals surface area contributed by atoms with Crippen LogP contribution in [0.1, 0.15) is 22.3 Å². The molecule has 8 aromatic rings. The fraction of sp³-hybridized carbons (Fsp3) is 0.102. The van der Waals surface area contributed by atoms with Gasteiger partial charge in [-0.05, 0) is 164 Å². The molecule has 348 valence electrons. The highest BCUT2D eigenvalue weighted by Crippen LogP contribution is 2.39. The van der Waals surface area contributed by atoms with Gasteiger partial charge in [-0.25, -0.2) is 0 Å². The van der Waals surface area contributed by atoms with Gasteiger partial charge in [0, 0.05) is 28.2 Å². The summed E-state index contributed by atoms with van der Waals surface area (Å²) in [4.78, 5) is -1.06. The zero-order valence-corrected chi connectivity index (χ0v) is 38.9. The third kappa shape index (κ3) is 11.1. The molecular weight excluding hydrogens is 921 g/mol. The minimum atomic E-state index is -4.80. The molecule has 0 heterocycles. The lowest BCUT2D eigenvalue weighted by Gasteiger charge is -2.11. The molecule has 0 aliphatic rings. The van der Waals surface area contributed by atoms with Crippen LogP contribution in [0.25, 0.3) is 21.5 Å². The number of phenolic OH excluding ortho intramolecular Hbond substituents is 1. The van der Waals surface area contributed by atoms with Crippen molar-refractivity contribution in [3.8, 4) is 11.5 Å². The van der Waals surface area contributed by atoms with E-state index < -0.39 is 30.0 Å². The van der Waals surface area contributed by atoms with E-state index >= 15 is 0 Å². The maximum Gasteiger partial charge on any atom is 0.296 e. The van der Waals surface area contributed by atoms with Crippen molar-refractivity contribution >= 4 is 98.7 Å². The molecule has 0 unspecified atom stereocenters. The second-order valence-corrected chi connectivity index (χ2v) is 18.6. The van der Waals surface area contributed by atoms with E-state index in [4.69, 9.17) is 10.5 Å². The lowest BCUT2D eigenvalue weighted by atomic mass is 10.1. The van der Waals surface area contributed by atoms with Crippen molar-refractivity contribution in [1.82, 2.24) is 0 Å². The number of phenols is 1. The van der Waals surface area contributed by atoms with E-state index in [9.17, 15) is 31.0 Å². The standard InChI is InChI=1S/C49H42N10O8S2/c1-28-19-37(13-17-41(28)54-52-36-14-18-42(29(2)20-36)55-59-46-26-40-32(24-48(46)69(64,65)66)7-5-10-47(40)68(61,62)63)53-57-44-21-31(4)45(22-30(44)3)58-56-43-16-11-33-23-35(12-15-39(33)49(43)60)51-27-67-38-9-6-8-34(50)25-38/h5-26,51,60H,27,50H2,1-4H3,(H,61,62,63)(H,64,65,66). The Hall–Kier alpha value is -8.30. The van der Waals surface area contributed by atoms with Crippen LogP contribution in [0.15, 0.2) is 184 Å². The summed E-state index contributed by atoms with van der Waals surface area (Å²) < 4.78 is 73.8. The smallest absolute Gasteiger partial charge is 0.296 e. The number of nitrogens with one attached hydrogen (secondary N) is 1. The first-order chi connectivity index (χ1) is 32.9. The Bertz CT molecular complexity index is 3690. The van der Waals surface area contributed by atoms with Crippen LogP contribution in [-0.2, 0) is 20.2 Å². The molecule has 8 aromatic carbocycles. The van der Waals surface area contributed by atoms with Gasteiger partial charge in [0.15, 0.2) is 12.5 Å². The fourth-order valence-corrected chi connectivity index (χ4v) is 8.49. The highest BCUT2D eigenvalue weighted by Gasteiger charge is 2.21. The third-order valence-electron chi connectivity index (χ3n) is 10.8. The number of aromatic hydroxyl groups is 1. The highest BCUT2D eigenvalue weighted by atomic mass is 32.2. The summed E-state index contributed by atoms with van der Waals surface area (Å²) in [6, 6.07) is 36.4. The topological polar surface area (TPSA) is 275 Å². The monoisotopic (exact) mass is 962 g/mol. The number of aryl methyl sites for hydroxylation is 4. The van der Waals surface area contributed by atoms with E-state index in [1.165, 1.54) is 12.1 Å². The maximum atomic E-state index is 12.2. The molecule has 20 heteroatoms. The van der Waals surface area contributed by atoms with Crippen LogP contribution < -0.4 is 15.8 Å². The first-order valence-corrected chi connectivity index (χ1v) is 23.8. The van der Waals surface area contributed by atoms with E-state index in [2.05, 4.69) is 46.2 Å². The van der Waals surface area contributed by atoms with Crippen molar-refractivity contribution in [1.29, 1.82) is 0 Å². The average molecular weight is 963 g/mol. The second kappa shape index (κ2) is 19.5. The van der Waals surface area contributed by atoms with Crippen LogP contribution in [0.5, 0.6) is 11.5 Å². The average Bonchev–Trinajstić information content (AvgIpc) is 3.30. The quantitative estimate of drug-likeness (QED) is 0.0297. The van der Waals surface area contributed by atoms with Gasteiger partial charge < -0.3 is 20.9 Å². The molecule has 0 fully saturated rings. The predicted molar refractivity (Wildman–Crippen MR) is 264 cm³/mol. The van der Waals surface area contributed by atoms with Gasteiger partial charge in [0.1, 0.15) is 26.9 Å². The van der Waals surface area contributed by atoms with Crippen LogP contribution >= 0.6 is 0 Å². The zero-order chi connectivity index (χ0) is 49.0. The van der Waals surface area contributed by atoms with Crippen LogP contribution in [0, 0.1) is 27.7 Å². The van der Waals surface area contributed by atoms with Gasteiger partial charge >= 0.3 is 0 Å². The number of benzene rings is 8. The molecule has 0 aliphatic heterocycles. The van der Waals surface area contributed by atoms with Crippen LogP contribution in [0.3, 0.4) is 0 Å². The second-order valence-electron chi connectivity index (χ2n) is 15.8. The number of nitrogens with two attached hydrogens (primary N) is 1. The molecule has 8 rings (SSSR count). The summed E-state index contributed by atoms with van der Waals surface area (Å²) in [6.07, 6.45) is 0. The Morgan fingerprint density at radius 3 is 1.65 bits per heavy atom. The van der Waals surface area contributed by atoms with Crippen molar-refractivity contribution in [3.63, 3.8) is 0 Å². The van der Waals surface area contributed by atoms with Gasteiger partial charge in [0.05, 0.1) is 34.1 Å². The number of hydrogen-bond acceptors (Lipinski definition) is 16. The van der Waals surface area contributed by atoms with Gasteiger partial charge in [-0.3, -0.25) is 9.11 Å². The lowest BCUT2D eigenvalue weighted by Crippen LogP contribution is -2.08. The van der Waals surface area contributed by atoms with Gasteiger partial charge in [0.2, 0.25) is 0 Å². The minimum absolute atomic E-state index is 0.0105. The summed E-state index contributed by atoms with van der Waals surface area (Å²) >= 11 is 0. The van der Waals surface area contributed by atoms with E-state index in [1.54, 1.807) is 55.5 Å². The molecule has 18 nitrogen and oxygen atoms in total. The SMILES string of the molecule is Cc1cc(N=Nc2cc(C)c(N=Nc3ccc4cc(NCOc5cccc(N)c5)ccc4c3O)cc2C)ccc1N=Nc1ccc(N=Nc2cc3c(S(=O)(=O)O)cccc3cc2S(=O)(=O)O)c(C)c1. The Kier molecular flexibility index (Phi) is 13.3. The number of fused-ring (bicyclic) bond motifs is 2. The summed E-state index contributed by atoms with van der Waals surface area (Å²) in [7, 11) is -9.47. The Labute approximate surface area is 396 Å². The van der Waals surface area contributed by atoms with Crippen LogP contribution in [0.2, 0.25) is 0 Å². The van der Waals surface area contributed by atoms with Gasteiger partial charge in [-0.2, -0.15) is 47.5 Å². The van der Waals surface area contributed by atoms with E-state index in [0.29, 0.717) is 62.2 Å². The number of ether oxygens (including phenoxy) is 1. The minimum Gasteiger partial charge on any atom is -0.505 e. The van der Waals surface area contributed by atoms with Crippen LogP contribution in [0.4, 0.5) is 56.9 Å². The Morgan fingerprint density at radius 1 is 0.493 bits per heavy atom. The van der Waals surface area contributed by atoms with Crippen molar-refractivity contribution in [2.24, 2.45) is 40.9 Å². The molecule has 0 saturated carbocycles. The van der Waals surface area contributed by atoms with Crippen molar-refractivity contribution < 1.29 is 35.8 Å². The molecule has 0 atom stereocenters. The summed E-state index contributed by atoms with van der Waals surface area (Å²) in [5.41, 5.74) is 13.5. The van der Waals surface area contributed by atoms with Crippen molar-refractivity contribution in [2.45, 2.75) is 37.5 Å². The van der Waals surface area contributed by atoms with Gasteiger partial charge in [-0.1, -0.05) is 24.3 Å². The number of azo groups is 4. The summed E-state index contributed by atoms with van der Waals surface area (Å²) in [6.45, 7) is 7.62. The molecule has 69 heavy (non-hydrogen) atoms. The molecular formula is C49H42N10O8S2. The number of nitrogen functional groups attached to an aromatic ring is 1. The maximum absolute atomic E-state index is 12.2. The number of anilines is 2. The molecule has 0 saturated heterocycles. The molecule has 0 bridgehead atoms. The third-order valence-corrected chi connectivity index (χ3v) is 12.6. The van der Waals surface area contributed by atoms with Gasteiger partial charge in [-0.15, -0.1) is 10.2 Å². The highest BCUT2D eigenvalue weighted by molar-refractivity contribution is 7.86. The van der Waals surface area contributed by atoms with E-state index in [-0.39, 0.29) is 28.9 Å². The summed E-state index contributed by atoms with van der Waals surface area (Å²) in [5, 5.41) is 50.6. The lowest BCUT2D eigenvalue weighted by molar-refractivity contribution is 0.347. The molecule has 0 spiro atoms. The van der Waals surface area contributed by atoms with E-state index in [0.717, 1.165) is 46.0 Å². The zero-order valence-electron chi connectivity index (χ0n) is 37.3. The Morgan fingerprint density at radius 2 is 1.03 bits per heavy atom. The molecule has 0 aliphatic carbocycles. The van der Waals surface area contributed by atoms with E-state index in [1.807, 2.05) is 75.4 Å². The molecule has 0 radical (unpaired) electrons. The largest absolute Gasteiger partial charge is 0.505 e. The predicted octanol–water partition coefficient (Wildman–Crippen LogP) is 14.1. The van der Waals surface area contributed by atoms with Crippen molar-refractivity contribution in [3.05, 3.63) is 156 Å². The van der Waals surface area contributed by atoms with Gasteiger partial charge in [0.25, 0.3) is 20.2 Å². The van der Waals surface area contributed by atoms with Crippen molar-refractivity contribution in [2.75, 3.05) is 17.8 Å². The molecule has 0 amide bonds. The first kappa shape index (κ1) is 47.2. The first-order valence-electron chi connectivity index (χ1n) is 20.9. The summed E-state index contributed by atoms with van der Waals surface area (Å²) in [5.74, 6) is 0.664. The number of rotatable bonds is 14. The molecule has 0 aromatic heterocycles. The number of hydrogen-bond donors (Lipinski definition) is 5. The number of nitrogens with zero attached hydrogens (tertiary/aromatic N) is 8. The molecule has 6 N–H and O–H groups in total. The fourth-order valence-electron chi connectivity index (χ4n) is 7.14. The Balaban J connectivity index is 0.910. The normalized spacial score (nSPS) is 12.4.